The van der Waals surface area contributed by atoms with Gasteiger partial charge in [0.05, 0.1) is 0 Å². The molecule has 0 N–H and O–H groups in total. The fourth-order valence-electron chi connectivity index (χ4n) is 8.34. The van der Waals surface area contributed by atoms with Gasteiger partial charge in [-0.25, -0.2) is 0 Å². The van der Waals surface area contributed by atoms with E-state index in [1.807, 2.05) is 0 Å². The van der Waals surface area contributed by atoms with E-state index in [1.165, 1.54) is 193 Å². The van der Waals surface area contributed by atoms with E-state index in [1.54, 1.807) is 0 Å². The van der Waals surface area contributed by atoms with E-state index in [-0.39, 0.29) is 31.1 Å². The van der Waals surface area contributed by atoms with Gasteiger partial charge >= 0.3 is 17.9 Å². The first kappa shape index (κ1) is 59.4. The standard InChI is InChI=1S/C55H106O6/c1-6-7-8-9-28-35-40-45-53(56)59-48-52(49-60-54(57)46-41-36-31-26-22-19-18-21-25-30-34-39-44-51(4)5)61-55(58)47-42-37-32-27-23-17-15-13-11-10-12-14-16-20-24-29-33-38-43-50(2)3/h50-52H,6-49H2,1-5H3/t52-/m1/s1. The fourth-order valence-corrected chi connectivity index (χ4v) is 8.34. The van der Waals surface area contributed by atoms with Gasteiger partial charge in [-0.1, -0.05) is 266 Å². The van der Waals surface area contributed by atoms with Gasteiger partial charge in [0.1, 0.15) is 13.2 Å². The highest BCUT2D eigenvalue weighted by Gasteiger charge is 2.19. The number of hydrogen-bond acceptors (Lipinski definition) is 6. The third kappa shape index (κ3) is 49.3. The largest absolute Gasteiger partial charge is 0.462 e. The lowest BCUT2D eigenvalue weighted by Gasteiger charge is -2.18. The van der Waals surface area contributed by atoms with Crippen LogP contribution in [0.5, 0.6) is 0 Å². The van der Waals surface area contributed by atoms with Crippen LogP contribution in [0.4, 0.5) is 0 Å². The van der Waals surface area contributed by atoms with Crippen LogP contribution < -0.4 is 0 Å². The molecule has 0 bridgehead atoms. The quantitative estimate of drug-likeness (QED) is 0.0344. The van der Waals surface area contributed by atoms with Gasteiger partial charge < -0.3 is 14.2 Å². The molecule has 6 nitrogen and oxygen atoms in total. The van der Waals surface area contributed by atoms with Crippen molar-refractivity contribution in [2.24, 2.45) is 11.8 Å². The lowest BCUT2D eigenvalue weighted by molar-refractivity contribution is -0.167. The molecule has 1 atom stereocenters. The lowest BCUT2D eigenvalue weighted by Crippen LogP contribution is -2.30. The predicted molar refractivity (Wildman–Crippen MR) is 261 cm³/mol. The van der Waals surface area contributed by atoms with Crippen molar-refractivity contribution in [2.75, 3.05) is 13.2 Å². The van der Waals surface area contributed by atoms with E-state index in [0.29, 0.717) is 19.3 Å². The molecule has 0 heterocycles. The SMILES string of the molecule is CCCCCCCCCC(=O)OC[C@H](COC(=O)CCCCCCCCCCCCCCC(C)C)OC(=O)CCCCCCCCCCCCCCCCCCCCC(C)C. The number of carbonyl (C=O) groups is 3. The van der Waals surface area contributed by atoms with Gasteiger partial charge in [-0.05, 0) is 31.1 Å². The minimum Gasteiger partial charge on any atom is -0.462 e. The molecule has 0 spiro atoms. The molecule has 0 aromatic rings. The monoisotopic (exact) mass is 863 g/mol. The Hall–Kier alpha value is -1.59. The van der Waals surface area contributed by atoms with Crippen LogP contribution in [-0.4, -0.2) is 37.2 Å². The summed E-state index contributed by atoms with van der Waals surface area (Å²) in [5, 5.41) is 0. The topological polar surface area (TPSA) is 78.9 Å². The van der Waals surface area contributed by atoms with Gasteiger partial charge in [0.2, 0.25) is 0 Å². The van der Waals surface area contributed by atoms with Crippen LogP contribution in [-0.2, 0) is 28.6 Å². The molecule has 0 radical (unpaired) electrons. The predicted octanol–water partition coefficient (Wildman–Crippen LogP) is 17.7. The molecule has 0 saturated heterocycles. The second kappa shape index (κ2) is 47.9. The third-order valence-electron chi connectivity index (χ3n) is 12.5. The molecule has 0 aliphatic heterocycles. The summed E-state index contributed by atoms with van der Waals surface area (Å²) in [4.78, 5) is 37.8. The van der Waals surface area contributed by atoms with Crippen LogP contribution in [0.15, 0.2) is 0 Å². The van der Waals surface area contributed by atoms with Crippen LogP contribution >= 0.6 is 0 Å². The van der Waals surface area contributed by atoms with Crippen molar-refractivity contribution >= 4 is 17.9 Å². The number of hydrogen-bond donors (Lipinski definition) is 0. The highest BCUT2D eigenvalue weighted by Crippen LogP contribution is 2.18. The highest BCUT2D eigenvalue weighted by molar-refractivity contribution is 5.71. The van der Waals surface area contributed by atoms with Crippen molar-refractivity contribution in [1.82, 2.24) is 0 Å². The Bertz CT molecular complexity index is 931. The Balaban J connectivity index is 4.15. The molecule has 0 aromatic heterocycles. The number of unbranched alkanes of at least 4 members (excludes halogenated alkanes) is 34. The van der Waals surface area contributed by atoms with Crippen molar-refractivity contribution in [1.29, 1.82) is 0 Å². The minimum atomic E-state index is -0.760. The maximum Gasteiger partial charge on any atom is 0.306 e. The molecule has 0 aromatic carbocycles. The maximum absolute atomic E-state index is 12.8. The zero-order chi connectivity index (χ0) is 44.7. The smallest absolute Gasteiger partial charge is 0.306 e. The zero-order valence-electron chi connectivity index (χ0n) is 41.8. The molecule has 0 aliphatic carbocycles. The lowest BCUT2D eigenvalue weighted by atomic mass is 10.0. The van der Waals surface area contributed by atoms with Gasteiger partial charge in [0.25, 0.3) is 0 Å². The minimum absolute atomic E-state index is 0.0637. The summed E-state index contributed by atoms with van der Waals surface area (Å²) in [5.74, 6) is 0.841. The summed E-state index contributed by atoms with van der Waals surface area (Å²) in [6.07, 6.45) is 49.7. The Morgan fingerprint density at radius 2 is 0.541 bits per heavy atom. The summed E-state index contributed by atoms with van der Waals surface area (Å²) in [5.41, 5.74) is 0. The summed E-state index contributed by atoms with van der Waals surface area (Å²) in [6, 6.07) is 0. The summed E-state index contributed by atoms with van der Waals surface area (Å²) in [6.45, 7) is 11.4. The summed E-state index contributed by atoms with van der Waals surface area (Å²) >= 11 is 0. The van der Waals surface area contributed by atoms with Gasteiger partial charge in [-0.15, -0.1) is 0 Å². The van der Waals surface area contributed by atoms with Gasteiger partial charge in [-0.3, -0.25) is 14.4 Å². The number of ether oxygens (including phenoxy) is 3. The molecular formula is C55H106O6. The summed E-state index contributed by atoms with van der Waals surface area (Å²) < 4.78 is 16.8. The van der Waals surface area contributed by atoms with E-state index in [9.17, 15) is 14.4 Å². The molecular weight excluding hydrogens is 757 g/mol. The van der Waals surface area contributed by atoms with Crippen molar-refractivity contribution in [3.63, 3.8) is 0 Å². The first-order valence-corrected chi connectivity index (χ1v) is 27.2. The average molecular weight is 863 g/mol. The number of rotatable bonds is 49. The molecule has 0 aliphatic rings. The first-order chi connectivity index (χ1) is 29.7. The van der Waals surface area contributed by atoms with E-state index >= 15 is 0 Å². The van der Waals surface area contributed by atoms with Crippen LogP contribution in [0, 0.1) is 11.8 Å². The molecule has 6 heteroatoms. The third-order valence-corrected chi connectivity index (χ3v) is 12.5. The van der Waals surface area contributed by atoms with E-state index < -0.39 is 6.10 Å². The van der Waals surface area contributed by atoms with Gasteiger partial charge in [0, 0.05) is 19.3 Å². The number of esters is 3. The van der Waals surface area contributed by atoms with Crippen molar-refractivity contribution in [3.05, 3.63) is 0 Å². The van der Waals surface area contributed by atoms with Gasteiger partial charge in [-0.2, -0.15) is 0 Å². The van der Waals surface area contributed by atoms with E-state index in [2.05, 4.69) is 34.6 Å². The van der Waals surface area contributed by atoms with Crippen LogP contribution in [0.25, 0.3) is 0 Å². The van der Waals surface area contributed by atoms with E-state index in [4.69, 9.17) is 14.2 Å². The number of carbonyl (C=O) groups excluding carboxylic acids is 3. The second-order valence-electron chi connectivity index (χ2n) is 19.8. The molecule has 0 fully saturated rings. The Morgan fingerprint density at radius 3 is 0.803 bits per heavy atom. The Morgan fingerprint density at radius 1 is 0.311 bits per heavy atom. The zero-order valence-corrected chi connectivity index (χ0v) is 41.8. The summed E-state index contributed by atoms with van der Waals surface area (Å²) in [7, 11) is 0. The fraction of sp³-hybridized carbons (Fsp3) is 0.945. The molecule has 0 saturated carbocycles. The van der Waals surface area contributed by atoms with E-state index in [0.717, 1.165) is 69.6 Å². The Kier molecular flexibility index (Phi) is 46.6. The molecule has 0 rings (SSSR count). The van der Waals surface area contributed by atoms with Crippen molar-refractivity contribution < 1.29 is 28.6 Å². The van der Waals surface area contributed by atoms with Gasteiger partial charge in [0.15, 0.2) is 6.10 Å². The molecule has 0 unspecified atom stereocenters. The van der Waals surface area contributed by atoms with Crippen molar-refractivity contribution in [3.8, 4) is 0 Å². The molecule has 0 amide bonds. The molecule has 61 heavy (non-hydrogen) atoms. The molecule has 362 valence electrons. The van der Waals surface area contributed by atoms with Crippen LogP contribution in [0.3, 0.4) is 0 Å². The normalized spacial score (nSPS) is 12.0. The first-order valence-electron chi connectivity index (χ1n) is 27.2. The Labute approximate surface area is 380 Å². The van der Waals surface area contributed by atoms with Crippen LogP contribution in [0.2, 0.25) is 0 Å². The second-order valence-corrected chi connectivity index (χ2v) is 19.8. The highest BCUT2D eigenvalue weighted by atomic mass is 16.6. The average Bonchev–Trinajstić information content (AvgIpc) is 3.23. The van der Waals surface area contributed by atoms with Crippen molar-refractivity contribution in [2.45, 2.75) is 310 Å². The van der Waals surface area contributed by atoms with Crippen LogP contribution in [0.1, 0.15) is 304 Å². The maximum atomic E-state index is 12.8.